The maximum Gasteiger partial charge on any atom is 0.256 e. The van der Waals surface area contributed by atoms with Crippen LogP contribution < -0.4 is 5.73 Å². The van der Waals surface area contributed by atoms with Crippen LogP contribution in [-0.4, -0.2) is 28.9 Å². The first kappa shape index (κ1) is 14.4. The lowest BCUT2D eigenvalue weighted by atomic mass is 9.87. The predicted molar refractivity (Wildman–Crippen MR) is 83.7 cm³/mol. The van der Waals surface area contributed by atoms with Crippen molar-refractivity contribution in [2.45, 2.75) is 33.7 Å². The number of amides is 1. The number of benzene rings is 1. The van der Waals surface area contributed by atoms with Gasteiger partial charge >= 0.3 is 0 Å². The number of hydrogen-bond donors (Lipinski definition) is 2. The first-order chi connectivity index (χ1) is 9.21. The smallest absolute Gasteiger partial charge is 0.256 e. The van der Waals surface area contributed by atoms with Crippen LogP contribution in [0.1, 0.15) is 38.1 Å². The van der Waals surface area contributed by atoms with Crippen molar-refractivity contribution in [1.82, 2.24) is 9.88 Å². The molecule has 2 aromatic rings. The third-order valence-corrected chi connectivity index (χ3v) is 4.09. The van der Waals surface area contributed by atoms with Gasteiger partial charge in [0, 0.05) is 35.9 Å². The number of fused-ring (bicyclic) bond motifs is 1. The number of rotatable bonds is 2. The highest BCUT2D eigenvalue weighted by atomic mass is 16.2. The molecule has 0 saturated carbocycles. The van der Waals surface area contributed by atoms with E-state index in [9.17, 15) is 4.79 Å². The van der Waals surface area contributed by atoms with E-state index in [0.717, 1.165) is 10.9 Å². The molecule has 1 aromatic carbocycles. The van der Waals surface area contributed by atoms with Crippen LogP contribution in [0.15, 0.2) is 24.4 Å². The minimum Gasteiger partial charge on any atom is -0.399 e. The fourth-order valence-electron chi connectivity index (χ4n) is 2.26. The van der Waals surface area contributed by atoms with Crippen LogP contribution >= 0.6 is 0 Å². The first-order valence-electron chi connectivity index (χ1n) is 6.85. The van der Waals surface area contributed by atoms with Crippen molar-refractivity contribution in [3.63, 3.8) is 0 Å². The Morgan fingerprint density at radius 2 is 2.00 bits per heavy atom. The number of carbonyl (C=O) groups is 1. The van der Waals surface area contributed by atoms with Crippen molar-refractivity contribution < 1.29 is 4.79 Å². The zero-order chi connectivity index (χ0) is 15.1. The molecule has 1 aromatic heterocycles. The number of nitrogens with one attached hydrogen (secondary N) is 1. The number of anilines is 1. The Hall–Kier alpha value is -1.97. The van der Waals surface area contributed by atoms with Crippen LogP contribution in [0.3, 0.4) is 0 Å². The molecule has 0 radical (unpaired) electrons. The van der Waals surface area contributed by atoms with Crippen molar-refractivity contribution in [2.24, 2.45) is 5.41 Å². The lowest BCUT2D eigenvalue weighted by Crippen LogP contribution is -2.42. The molecule has 0 bridgehead atoms. The Bertz CT molecular complexity index is 637. The van der Waals surface area contributed by atoms with Crippen LogP contribution in [-0.2, 0) is 0 Å². The number of nitrogens with zero attached hydrogens (tertiary/aromatic N) is 1. The summed E-state index contributed by atoms with van der Waals surface area (Å²) >= 11 is 0. The van der Waals surface area contributed by atoms with Crippen LogP contribution in [0.2, 0.25) is 0 Å². The molecule has 108 valence electrons. The van der Waals surface area contributed by atoms with Crippen molar-refractivity contribution in [2.75, 3.05) is 12.8 Å². The highest BCUT2D eigenvalue weighted by Crippen LogP contribution is 2.27. The van der Waals surface area contributed by atoms with Gasteiger partial charge in [-0.1, -0.05) is 20.8 Å². The average molecular weight is 273 g/mol. The fourth-order valence-corrected chi connectivity index (χ4v) is 2.26. The molecule has 4 heteroatoms. The molecule has 1 heterocycles. The summed E-state index contributed by atoms with van der Waals surface area (Å²) in [6, 6.07) is 5.71. The van der Waals surface area contributed by atoms with Gasteiger partial charge in [0.1, 0.15) is 0 Å². The summed E-state index contributed by atoms with van der Waals surface area (Å²) in [6.45, 7) is 8.47. The zero-order valence-electron chi connectivity index (χ0n) is 12.8. The molecule has 0 fully saturated rings. The van der Waals surface area contributed by atoms with Gasteiger partial charge in [0.15, 0.2) is 0 Å². The van der Waals surface area contributed by atoms with Gasteiger partial charge in [-0.3, -0.25) is 4.79 Å². The van der Waals surface area contributed by atoms with Crippen LogP contribution in [0.25, 0.3) is 10.9 Å². The molecule has 1 amide bonds. The highest BCUT2D eigenvalue weighted by molar-refractivity contribution is 6.07. The molecule has 2 rings (SSSR count). The minimum absolute atomic E-state index is 0.0178. The molecule has 0 aliphatic rings. The zero-order valence-corrected chi connectivity index (χ0v) is 12.8. The van der Waals surface area contributed by atoms with Gasteiger partial charge in [-0.15, -0.1) is 0 Å². The Kier molecular flexibility index (Phi) is 3.50. The topological polar surface area (TPSA) is 62.1 Å². The lowest BCUT2D eigenvalue weighted by molar-refractivity contribution is 0.0631. The Morgan fingerprint density at radius 1 is 1.35 bits per heavy atom. The molecule has 0 spiro atoms. The van der Waals surface area contributed by atoms with Gasteiger partial charge in [-0.2, -0.15) is 0 Å². The molecule has 1 atom stereocenters. The summed E-state index contributed by atoms with van der Waals surface area (Å²) in [7, 11) is 1.85. The van der Waals surface area contributed by atoms with E-state index >= 15 is 0 Å². The molecule has 20 heavy (non-hydrogen) atoms. The second-order valence-corrected chi connectivity index (χ2v) is 6.47. The van der Waals surface area contributed by atoms with Crippen LogP contribution in [0, 0.1) is 5.41 Å². The van der Waals surface area contributed by atoms with Crippen molar-refractivity contribution in [1.29, 1.82) is 0 Å². The summed E-state index contributed by atoms with van der Waals surface area (Å²) < 4.78 is 0. The van der Waals surface area contributed by atoms with Gasteiger partial charge in [-0.05, 0) is 30.5 Å². The monoisotopic (exact) mass is 273 g/mol. The van der Waals surface area contributed by atoms with E-state index in [-0.39, 0.29) is 17.4 Å². The van der Waals surface area contributed by atoms with Crippen molar-refractivity contribution in [3.8, 4) is 0 Å². The fraction of sp³-hybridized carbons (Fsp3) is 0.438. The number of aromatic amines is 1. The number of aromatic nitrogens is 1. The summed E-state index contributed by atoms with van der Waals surface area (Å²) in [4.78, 5) is 17.6. The summed E-state index contributed by atoms with van der Waals surface area (Å²) in [5, 5.41) is 0.878. The van der Waals surface area contributed by atoms with Crippen molar-refractivity contribution in [3.05, 3.63) is 30.0 Å². The Labute approximate surface area is 120 Å². The molecule has 1 unspecified atom stereocenters. The number of nitrogen functional groups attached to an aromatic ring is 1. The molecular weight excluding hydrogens is 250 g/mol. The van der Waals surface area contributed by atoms with E-state index in [1.54, 1.807) is 11.1 Å². The first-order valence-corrected chi connectivity index (χ1v) is 6.85. The van der Waals surface area contributed by atoms with Gasteiger partial charge in [0.05, 0.1) is 5.56 Å². The SMILES string of the molecule is CC(N(C)C(=O)c1c[nH]c2ccc(N)cc12)C(C)(C)C. The number of carbonyl (C=O) groups excluding carboxylic acids is 1. The van der Waals surface area contributed by atoms with E-state index < -0.39 is 0 Å². The quantitative estimate of drug-likeness (QED) is 0.825. The molecule has 3 N–H and O–H groups in total. The van der Waals surface area contributed by atoms with E-state index in [1.807, 2.05) is 25.2 Å². The summed E-state index contributed by atoms with van der Waals surface area (Å²) in [6.07, 6.45) is 1.76. The second-order valence-electron chi connectivity index (χ2n) is 6.47. The molecule has 4 nitrogen and oxygen atoms in total. The summed E-state index contributed by atoms with van der Waals surface area (Å²) in [5.41, 5.74) is 8.12. The maximum absolute atomic E-state index is 12.7. The molecular formula is C16H23N3O. The van der Waals surface area contributed by atoms with Crippen LogP contribution in [0.5, 0.6) is 0 Å². The predicted octanol–water partition coefficient (Wildman–Crippen LogP) is 3.26. The normalized spacial score (nSPS) is 13.4. The minimum atomic E-state index is 0.0178. The van der Waals surface area contributed by atoms with Gasteiger partial charge in [0.25, 0.3) is 5.91 Å². The van der Waals surface area contributed by atoms with Gasteiger partial charge in [-0.25, -0.2) is 0 Å². The Balaban J connectivity index is 2.39. The van der Waals surface area contributed by atoms with Crippen molar-refractivity contribution >= 4 is 22.5 Å². The molecule has 0 saturated heterocycles. The lowest BCUT2D eigenvalue weighted by Gasteiger charge is -2.35. The van der Waals surface area contributed by atoms with Crippen LogP contribution in [0.4, 0.5) is 5.69 Å². The standard InChI is InChI=1S/C16H23N3O/c1-10(16(2,3)4)19(5)15(20)13-9-18-14-7-6-11(17)8-12(13)14/h6-10,18H,17H2,1-5H3. The molecule has 0 aliphatic heterocycles. The second kappa shape index (κ2) is 4.85. The largest absolute Gasteiger partial charge is 0.399 e. The van der Waals surface area contributed by atoms with E-state index in [0.29, 0.717) is 11.3 Å². The number of nitrogens with two attached hydrogens (primary N) is 1. The third kappa shape index (κ3) is 2.50. The number of hydrogen-bond acceptors (Lipinski definition) is 2. The van der Waals surface area contributed by atoms with E-state index in [4.69, 9.17) is 5.73 Å². The third-order valence-electron chi connectivity index (χ3n) is 4.09. The Morgan fingerprint density at radius 3 is 2.60 bits per heavy atom. The number of H-pyrrole nitrogens is 1. The molecule has 0 aliphatic carbocycles. The van der Waals surface area contributed by atoms with E-state index in [2.05, 4.69) is 32.7 Å². The maximum atomic E-state index is 12.7. The highest BCUT2D eigenvalue weighted by Gasteiger charge is 2.28. The average Bonchev–Trinajstić information content (AvgIpc) is 2.77. The van der Waals surface area contributed by atoms with Gasteiger partial charge < -0.3 is 15.6 Å². The van der Waals surface area contributed by atoms with Gasteiger partial charge in [0.2, 0.25) is 0 Å². The summed E-state index contributed by atoms with van der Waals surface area (Å²) in [5.74, 6) is 0.0178. The van der Waals surface area contributed by atoms with E-state index in [1.165, 1.54) is 0 Å².